The summed E-state index contributed by atoms with van der Waals surface area (Å²) in [6, 6.07) is 6.42. The predicted molar refractivity (Wildman–Crippen MR) is 152 cm³/mol. The van der Waals surface area contributed by atoms with Gasteiger partial charge in [-0.3, -0.25) is 9.79 Å². The molecule has 1 fully saturated rings. The number of ketones is 1. The quantitative estimate of drug-likeness (QED) is 0.294. The van der Waals surface area contributed by atoms with Crippen LogP contribution in [-0.4, -0.2) is 57.3 Å². The first kappa shape index (κ1) is 28.4. The molecule has 3 heterocycles. The van der Waals surface area contributed by atoms with Crippen molar-refractivity contribution in [3.63, 3.8) is 0 Å². The van der Waals surface area contributed by atoms with E-state index in [-0.39, 0.29) is 46.3 Å². The highest BCUT2D eigenvalue weighted by atomic mass is 19.1. The number of imidazole rings is 1. The van der Waals surface area contributed by atoms with Gasteiger partial charge in [-0.2, -0.15) is 0 Å². The van der Waals surface area contributed by atoms with Crippen LogP contribution >= 0.6 is 0 Å². The van der Waals surface area contributed by atoms with E-state index < -0.39 is 11.6 Å². The number of pyridine rings is 1. The molecule has 1 saturated heterocycles. The number of benzene rings is 1. The van der Waals surface area contributed by atoms with Gasteiger partial charge in [0.1, 0.15) is 22.8 Å². The normalized spacial score (nSPS) is 16.7. The molecule has 0 spiro atoms. The molecule has 3 aromatic rings. The average molecular weight is 535 g/mol. The third kappa shape index (κ3) is 6.03. The molecule has 0 amide bonds. The number of carbonyl (C=O) groups is 1. The number of rotatable bonds is 9. The summed E-state index contributed by atoms with van der Waals surface area (Å²) in [4.78, 5) is 31.8. The minimum atomic E-state index is -0.772. The predicted octanol–water partition coefficient (Wildman–Crippen LogP) is 6.50. The van der Waals surface area contributed by atoms with Crippen LogP contribution in [0.5, 0.6) is 0 Å². The van der Waals surface area contributed by atoms with Crippen LogP contribution in [0.2, 0.25) is 0 Å². The Morgan fingerprint density at radius 2 is 1.97 bits per heavy atom. The van der Waals surface area contributed by atoms with E-state index >= 15 is 8.78 Å². The number of carbonyl (C=O) groups excluding carboxylic acids is 1. The molecule has 1 aromatic carbocycles. The lowest BCUT2D eigenvalue weighted by Gasteiger charge is -2.34. The van der Waals surface area contributed by atoms with Gasteiger partial charge in [-0.05, 0) is 96.6 Å². The Hall–Kier alpha value is -3.59. The monoisotopic (exact) mass is 534 g/mol. The van der Waals surface area contributed by atoms with E-state index in [4.69, 9.17) is 0 Å². The Labute approximate surface area is 228 Å². The number of hydrogen-bond acceptors (Lipinski definition) is 6. The zero-order valence-electron chi connectivity index (χ0n) is 23.3. The largest absolute Gasteiger partial charge is 0.326 e. The Kier molecular flexibility index (Phi) is 8.80. The van der Waals surface area contributed by atoms with E-state index in [0.717, 1.165) is 44.2 Å². The van der Waals surface area contributed by atoms with Gasteiger partial charge in [-0.1, -0.05) is 13.0 Å². The smallest absolute Gasteiger partial charge is 0.167 e. The topological polar surface area (TPSA) is 75.7 Å². The van der Waals surface area contributed by atoms with Gasteiger partial charge in [-0.15, -0.1) is 0 Å². The van der Waals surface area contributed by atoms with Crippen LogP contribution in [0.15, 0.2) is 52.5 Å². The Bertz CT molecular complexity index is 1420. The van der Waals surface area contributed by atoms with Crippen LogP contribution in [0.1, 0.15) is 69.4 Å². The minimum absolute atomic E-state index is 0.0258. The van der Waals surface area contributed by atoms with Gasteiger partial charge >= 0.3 is 0 Å². The highest BCUT2D eigenvalue weighted by Crippen LogP contribution is 2.34. The van der Waals surface area contributed by atoms with Gasteiger partial charge < -0.3 is 9.47 Å². The summed E-state index contributed by atoms with van der Waals surface area (Å²) in [5.74, 6) is -0.332. The van der Waals surface area contributed by atoms with Crippen LogP contribution in [0.25, 0.3) is 11.0 Å². The Balaban J connectivity index is 1.72. The van der Waals surface area contributed by atoms with Crippen molar-refractivity contribution in [2.75, 3.05) is 19.6 Å². The summed E-state index contributed by atoms with van der Waals surface area (Å²) in [6.45, 7) is 15.8. The van der Waals surface area contributed by atoms with Crippen molar-refractivity contribution >= 4 is 35.1 Å². The molecular weight excluding hydrogens is 498 g/mol. The second-order valence-corrected chi connectivity index (χ2v) is 10.4. The fourth-order valence-corrected chi connectivity index (χ4v) is 5.66. The van der Waals surface area contributed by atoms with Crippen LogP contribution in [0, 0.1) is 18.7 Å². The lowest BCUT2D eigenvalue weighted by atomic mass is 9.78. The molecule has 0 radical (unpaired) electrons. The second kappa shape index (κ2) is 12.1. The van der Waals surface area contributed by atoms with Crippen LogP contribution in [0.4, 0.5) is 14.6 Å². The molecule has 206 valence electrons. The number of halogens is 2. The molecule has 9 heteroatoms. The SMILES string of the molecule is C=N/C=C(/F)C(=Nc1ccc(C(C(C)=O)C2CCN(CC)CC2)cn1)c1cc(F)c2nc(C)n(C(C)C)c2c1. The molecule has 7 nitrogen and oxygen atoms in total. The first-order valence-corrected chi connectivity index (χ1v) is 13.4. The molecule has 1 aliphatic rings. The van der Waals surface area contributed by atoms with E-state index in [2.05, 4.69) is 38.5 Å². The van der Waals surface area contributed by atoms with Gasteiger partial charge in [0.2, 0.25) is 0 Å². The molecule has 39 heavy (non-hydrogen) atoms. The van der Waals surface area contributed by atoms with Crippen LogP contribution < -0.4 is 0 Å². The third-order valence-electron chi connectivity index (χ3n) is 7.49. The number of piperidine rings is 1. The first-order chi connectivity index (χ1) is 18.6. The number of Topliss-reactive ketones (excluding diaryl/α,β-unsaturated/α-hetero) is 1. The fraction of sp³-hybridized carbons (Fsp3) is 0.433. The lowest BCUT2D eigenvalue weighted by molar-refractivity contribution is -0.120. The summed E-state index contributed by atoms with van der Waals surface area (Å²) in [5.41, 5.74) is 1.71. The molecule has 1 aliphatic heterocycles. The molecule has 1 atom stereocenters. The van der Waals surface area contributed by atoms with E-state index in [1.54, 1.807) is 25.3 Å². The zero-order valence-corrected chi connectivity index (χ0v) is 23.3. The maximum absolute atomic E-state index is 15.2. The van der Waals surface area contributed by atoms with Crippen molar-refractivity contribution in [2.45, 2.75) is 59.4 Å². The molecule has 0 N–H and O–H groups in total. The van der Waals surface area contributed by atoms with Crippen molar-refractivity contribution in [1.82, 2.24) is 19.4 Å². The van der Waals surface area contributed by atoms with Gasteiger partial charge in [0.25, 0.3) is 0 Å². The summed E-state index contributed by atoms with van der Waals surface area (Å²) in [6.07, 6.45) is 4.48. The van der Waals surface area contributed by atoms with Gasteiger partial charge in [0.05, 0.1) is 11.7 Å². The molecule has 2 aromatic heterocycles. The van der Waals surface area contributed by atoms with Crippen LogP contribution in [0.3, 0.4) is 0 Å². The summed E-state index contributed by atoms with van der Waals surface area (Å²) in [5, 5.41) is 0. The van der Waals surface area contributed by atoms with Crippen LogP contribution in [-0.2, 0) is 4.79 Å². The number of hydrogen-bond donors (Lipinski definition) is 0. The minimum Gasteiger partial charge on any atom is -0.326 e. The fourth-order valence-electron chi connectivity index (χ4n) is 5.66. The number of nitrogens with zero attached hydrogens (tertiary/aromatic N) is 6. The number of aromatic nitrogens is 3. The Morgan fingerprint density at radius 3 is 2.54 bits per heavy atom. The summed E-state index contributed by atoms with van der Waals surface area (Å²) < 4.78 is 32.3. The number of likely N-dealkylation sites (tertiary alicyclic amines) is 1. The molecule has 1 unspecified atom stereocenters. The van der Waals surface area contributed by atoms with Crippen molar-refractivity contribution in [3.8, 4) is 0 Å². The van der Waals surface area contributed by atoms with E-state index in [1.807, 2.05) is 31.4 Å². The number of aryl methyl sites for hydroxylation is 1. The zero-order chi connectivity index (χ0) is 28.3. The number of fused-ring (bicyclic) bond motifs is 1. The van der Waals surface area contributed by atoms with Crippen molar-refractivity contribution in [2.24, 2.45) is 15.9 Å². The highest BCUT2D eigenvalue weighted by molar-refractivity contribution is 6.13. The van der Waals surface area contributed by atoms with E-state index in [1.165, 1.54) is 6.07 Å². The first-order valence-electron chi connectivity index (χ1n) is 13.4. The van der Waals surface area contributed by atoms with Gasteiger partial charge in [0.15, 0.2) is 17.5 Å². The van der Waals surface area contributed by atoms with Crippen molar-refractivity contribution in [1.29, 1.82) is 0 Å². The highest BCUT2D eigenvalue weighted by Gasteiger charge is 2.30. The molecule has 0 aliphatic carbocycles. The molecular formula is C30H36F2N6O. The maximum Gasteiger partial charge on any atom is 0.167 e. The van der Waals surface area contributed by atoms with Crippen molar-refractivity contribution < 1.29 is 13.6 Å². The third-order valence-corrected chi connectivity index (χ3v) is 7.49. The molecule has 0 bridgehead atoms. The number of allylic oxidation sites excluding steroid dienone is 1. The maximum atomic E-state index is 15.2. The second-order valence-electron chi connectivity index (χ2n) is 10.4. The van der Waals surface area contributed by atoms with Gasteiger partial charge in [-0.25, -0.2) is 23.7 Å². The number of aliphatic imine (C=N–C) groups is 2. The van der Waals surface area contributed by atoms with E-state index in [9.17, 15) is 4.79 Å². The van der Waals surface area contributed by atoms with Gasteiger partial charge in [0, 0.05) is 23.7 Å². The van der Waals surface area contributed by atoms with E-state index in [0.29, 0.717) is 11.3 Å². The van der Waals surface area contributed by atoms with Crippen molar-refractivity contribution in [3.05, 3.63) is 65.3 Å². The Morgan fingerprint density at radius 1 is 1.26 bits per heavy atom. The average Bonchev–Trinajstić information content (AvgIpc) is 3.25. The molecule has 0 saturated carbocycles. The summed E-state index contributed by atoms with van der Waals surface area (Å²) in [7, 11) is 0. The lowest BCUT2D eigenvalue weighted by Crippen LogP contribution is -2.36. The summed E-state index contributed by atoms with van der Waals surface area (Å²) >= 11 is 0. The standard InChI is InChI=1S/C30H36F2N6O/c1-7-37-12-10-21(11-13-37)28(19(4)39)22-8-9-27(34-16-22)36-29(25(32)17-33-6)23-14-24(31)30-26(15-23)38(18(2)3)20(5)35-30/h8-9,14-18,21,28H,6-7,10-13H2,1-5H3/b25-17+,36-29?. The molecule has 4 rings (SSSR count).